The van der Waals surface area contributed by atoms with Gasteiger partial charge >= 0.3 is 0 Å². The first-order valence-corrected chi connectivity index (χ1v) is 10.6. The summed E-state index contributed by atoms with van der Waals surface area (Å²) in [5.74, 6) is 0.916. The van der Waals surface area contributed by atoms with Crippen LogP contribution in [-0.4, -0.2) is 52.7 Å². The fraction of sp³-hybridized carbons (Fsp3) is 0.522. The molecule has 30 heavy (non-hydrogen) atoms. The Labute approximate surface area is 176 Å². The number of nitrogens with zero attached hydrogens (tertiary/aromatic N) is 3. The third kappa shape index (κ3) is 4.95. The zero-order valence-corrected chi connectivity index (χ0v) is 17.3. The van der Waals surface area contributed by atoms with Gasteiger partial charge in [-0.05, 0) is 69.2 Å². The van der Waals surface area contributed by atoms with Crippen molar-refractivity contribution in [3.05, 3.63) is 53.9 Å². The van der Waals surface area contributed by atoms with E-state index in [4.69, 9.17) is 9.47 Å². The van der Waals surface area contributed by atoms with Crippen molar-refractivity contribution in [2.75, 3.05) is 26.3 Å². The topological polar surface area (TPSA) is 64.6 Å². The van der Waals surface area contributed by atoms with Crippen molar-refractivity contribution < 1.29 is 18.7 Å². The number of piperidine rings is 1. The third-order valence-corrected chi connectivity index (χ3v) is 6.17. The Morgan fingerprint density at radius 1 is 1.23 bits per heavy atom. The molecule has 0 radical (unpaired) electrons. The zero-order chi connectivity index (χ0) is 21.0. The average Bonchev–Trinajstić information content (AvgIpc) is 2.76. The molecule has 6 nitrogen and oxygen atoms in total. The van der Waals surface area contributed by atoms with Gasteiger partial charge < -0.3 is 14.4 Å². The van der Waals surface area contributed by atoms with Crippen LogP contribution in [0.15, 0.2) is 36.7 Å². The molecule has 1 spiro atoms. The van der Waals surface area contributed by atoms with Crippen molar-refractivity contribution in [2.45, 2.75) is 44.6 Å². The molecule has 2 aliphatic heterocycles. The molecule has 2 aliphatic rings. The van der Waals surface area contributed by atoms with Crippen molar-refractivity contribution in [2.24, 2.45) is 5.92 Å². The van der Waals surface area contributed by atoms with Gasteiger partial charge in [0.1, 0.15) is 17.3 Å². The Kier molecular flexibility index (Phi) is 6.27. The van der Waals surface area contributed by atoms with Crippen LogP contribution in [0.4, 0.5) is 4.39 Å². The van der Waals surface area contributed by atoms with Crippen LogP contribution in [0.3, 0.4) is 0 Å². The molecule has 1 atom stereocenters. The number of hydrogen-bond acceptors (Lipinski definition) is 5. The average molecular weight is 413 g/mol. The van der Waals surface area contributed by atoms with E-state index in [1.54, 1.807) is 24.5 Å². The minimum Gasteiger partial charge on any atom is -0.494 e. The summed E-state index contributed by atoms with van der Waals surface area (Å²) in [5, 5.41) is 0. The van der Waals surface area contributed by atoms with Crippen molar-refractivity contribution in [3.8, 4) is 5.75 Å². The number of aryl methyl sites for hydroxylation is 1. The van der Waals surface area contributed by atoms with Crippen molar-refractivity contribution in [1.29, 1.82) is 0 Å². The maximum Gasteiger partial charge on any atom is 0.274 e. The normalized spacial score (nSPS) is 20.9. The predicted molar refractivity (Wildman–Crippen MR) is 110 cm³/mol. The number of hydrogen-bond donors (Lipinski definition) is 0. The van der Waals surface area contributed by atoms with Gasteiger partial charge in [0.25, 0.3) is 5.91 Å². The van der Waals surface area contributed by atoms with Crippen LogP contribution in [0, 0.1) is 18.7 Å². The van der Waals surface area contributed by atoms with Gasteiger partial charge in [0.2, 0.25) is 0 Å². The molecular weight excluding hydrogens is 385 g/mol. The molecule has 0 saturated carbocycles. The fourth-order valence-electron chi connectivity index (χ4n) is 4.38. The highest BCUT2D eigenvalue weighted by Gasteiger charge is 2.41. The second-order valence-electron chi connectivity index (χ2n) is 8.32. The molecule has 0 N–H and O–H groups in total. The first kappa shape index (κ1) is 20.7. The van der Waals surface area contributed by atoms with Crippen LogP contribution >= 0.6 is 0 Å². The molecule has 1 aromatic heterocycles. The fourth-order valence-corrected chi connectivity index (χ4v) is 4.38. The first-order chi connectivity index (χ1) is 14.5. The second kappa shape index (κ2) is 9.08. The van der Waals surface area contributed by atoms with Crippen LogP contribution in [0.2, 0.25) is 0 Å². The van der Waals surface area contributed by atoms with Crippen molar-refractivity contribution >= 4 is 5.91 Å². The summed E-state index contributed by atoms with van der Waals surface area (Å²) in [7, 11) is 0. The van der Waals surface area contributed by atoms with Crippen molar-refractivity contribution in [3.63, 3.8) is 0 Å². The molecule has 1 aromatic carbocycles. The molecule has 1 amide bonds. The Morgan fingerprint density at radius 2 is 2.00 bits per heavy atom. The summed E-state index contributed by atoms with van der Waals surface area (Å²) < 4.78 is 25.0. The van der Waals surface area contributed by atoms with E-state index < -0.39 is 0 Å². The number of aromatic nitrogens is 2. The van der Waals surface area contributed by atoms with E-state index in [1.165, 1.54) is 12.1 Å². The van der Waals surface area contributed by atoms with Crippen LogP contribution in [0.5, 0.6) is 5.75 Å². The number of rotatable bonds is 5. The van der Waals surface area contributed by atoms with Crippen LogP contribution in [0.1, 0.15) is 48.3 Å². The van der Waals surface area contributed by atoms with Gasteiger partial charge in [-0.3, -0.25) is 9.78 Å². The van der Waals surface area contributed by atoms with Crippen LogP contribution < -0.4 is 4.74 Å². The largest absolute Gasteiger partial charge is 0.494 e. The highest BCUT2D eigenvalue weighted by atomic mass is 19.1. The maximum atomic E-state index is 13.0. The van der Waals surface area contributed by atoms with E-state index in [0.717, 1.165) is 44.4 Å². The maximum absolute atomic E-state index is 13.0. The smallest absolute Gasteiger partial charge is 0.274 e. The summed E-state index contributed by atoms with van der Waals surface area (Å²) >= 11 is 0. The zero-order valence-electron chi connectivity index (χ0n) is 17.3. The standard InChI is InChI=1S/C23H28FN3O3/c1-17-15-26-21(16-25-17)22(28)27-10-8-23(9-11-27)14-18(7-13-30-23)6-12-29-20-4-2-19(24)3-5-20/h2-5,15-16,18H,6-14H2,1H3. The highest BCUT2D eigenvalue weighted by molar-refractivity contribution is 5.92. The number of benzene rings is 1. The molecule has 2 fully saturated rings. The number of ether oxygens (including phenoxy) is 2. The van der Waals surface area contributed by atoms with Gasteiger partial charge in [0.15, 0.2) is 0 Å². The highest BCUT2D eigenvalue weighted by Crippen LogP contribution is 2.39. The van der Waals surface area contributed by atoms with E-state index in [2.05, 4.69) is 9.97 Å². The summed E-state index contributed by atoms with van der Waals surface area (Å²) in [6, 6.07) is 6.14. The lowest BCUT2D eigenvalue weighted by Crippen LogP contribution is -2.51. The number of likely N-dealkylation sites (tertiary alicyclic amines) is 1. The Bertz CT molecular complexity index is 849. The molecule has 2 aromatic rings. The Balaban J connectivity index is 1.26. The van der Waals surface area contributed by atoms with Gasteiger partial charge in [0, 0.05) is 25.9 Å². The molecule has 0 aliphatic carbocycles. The Hall–Kier alpha value is -2.54. The summed E-state index contributed by atoms with van der Waals surface area (Å²) in [4.78, 5) is 22.9. The molecule has 4 rings (SSSR count). The van der Waals surface area contributed by atoms with Gasteiger partial charge in [-0.15, -0.1) is 0 Å². The lowest BCUT2D eigenvalue weighted by molar-refractivity contribution is -0.125. The van der Waals surface area contributed by atoms with Gasteiger partial charge in [-0.2, -0.15) is 0 Å². The number of carbonyl (C=O) groups is 1. The molecule has 2 saturated heterocycles. The SMILES string of the molecule is Cc1cnc(C(=O)N2CCC3(CC2)CC(CCOc2ccc(F)cc2)CCO3)cn1. The number of carbonyl (C=O) groups excluding carboxylic acids is 1. The Morgan fingerprint density at radius 3 is 2.70 bits per heavy atom. The molecule has 3 heterocycles. The van der Waals surface area contributed by atoms with Crippen molar-refractivity contribution in [1.82, 2.24) is 14.9 Å². The number of halogens is 1. The van der Waals surface area contributed by atoms with Gasteiger partial charge in [0.05, 0.1) is 24.1 Å². The lowest BCUT2D eigenvalue weighted by atomic mass is 9.78. The minimum absolute atomic E-state index is 0.0580. The summed E-state index contributed by atoms with van der Waals surface area (Å²) in [5.41, 5.74) is 1.06. The molecule has 0 bridgehead atoms. The lowest BCUT2D eigenvalue weighted by Gasteiger charge is -2.46. The number of amides is 1. The summed E-state index contributed by atoms with van der Waals surface area (Å²) in [6.45, 7) is 4.56. The van der Waals surface area contributed by atoms with E-state index in [0.29, 0.717) is 37.1 Å². The van der Waals surface area contributed by atoms with Crippen LogP contribution in [-0.2, 0) is 4.74 Å². The van der Waals surface area contributed by atoms with E-state index in [-0.39, 0.29) is 17.3 Å². The van der Waals surface area contributed by atoms with E-state index in [9.17, 15) is 9.18 Å². The quantitative estimate of drug-likeness (QED) is 0.746. The predicted octanol–water partition coefficient (Wildman–Crippen LogP) is 3.79. The van der Waals surface area contributed by atoms with E-state index >= 15 is 0 Å². The minimum atomic E-state index is -0.257. The van der Waals surface area contributed by atoms with Gasteiger partial charge in [-0.1, -0.05) is 0 Å². The molecular formula is C23H28FN3O3. The molecule has 160 valence electrons. The van der Waals surface area contributed by atoms with Crippen LogP contribution in [0.25, 0.3) is 0 Å². The summed E-state index contributed by atoms with van der Waals surface area (Å²) in [6.07, 6.45) is 7.82. The molecule has 7 heteroatoms. The molecule has 1 unspecified atom stereocenters. The van der Waals surface area contributed by atoms with E-state index in [1.807, 2.05) is 11.8 Å². The first-order valence-electron chi connectivity index (χ1n) is 10.6. The third-order valence-electron chi connectivity index (χ3n) is 6.17. The van der Waals surface area contributed by atoms with Gasteiger partial charge in [-0.25, -0.2) is 9.37 Å². The monoisotopic (exact) mass is 413 g/mol. The second-order valence-corrected chi connectivity index (χ2v) is 8.32.